The van der Waals surface area contributed by atoms with Crippen molar-refractivity contribution in [2.75, 3.05) is 0 Å². The van der Waals surface area contributed by atoms with Crippen LogP contribution in [0.3, 0.4) is 0 Å². The first-order valence-electron chi connectivity index (χ1n) is 9.14. The molecule has 1 heterocycles. The highest BCUT2D eigenvalue weighted by Gasteiger charge is 2.24. The van der Waals surface area contributed by atoms with Gasteiger partial charge in [-0.3, -0.25) is 0 Å². The summed E-state index contributed by atoms with van der Waals surface area (Å²) < 4.78 is 11.2. The van der Waals surface area contributed by atoms with Gasteiger partial charge in [0.2, 0.25) is 5.90 Å². The van der Waals surface area contributed by atoms with Gasteiger partial charge in [-0.15, -0.1) is 0 Å². The quantitative estimate of drug-likeness (QED) is 0.413. The van der Waals surface area contributed by atoms with Crippen molar-refractivity contribution >= 4 is 29.5 Å². The van der Waals surface area contributed by atoms with Gasteiger partial charge in [0.15, 0.2) is 5.70 Å². The highest BCUT2D eigenvalue weighted by molar-refractivity contribution is 6.31. The van der Waals surface area contributed by atoms with E-state index < -0.39 is 5.97 Å². The van der Waals surface area contributed by atoms with Gasteiger partial charge in [-0.25, -0.2) is 9.79 Å². The molecule has 0 saturated heterocycles. The molecule has 1 aliphatic heterocycles. The third-order valence-electron chi connectivity index (χ3n) is 4.43. The third kappa shape index (κ3) is 4.55. The van der Waals surface area contributed by atoms with E-state index >= 15 is 0 Å². The number of nitrogens with zero attached hydrogens (tertiary/aromatic N) is 1. The molecule has 0 saturated carbocycles. The number of halogens is 1. The summed E-state index contributed by atoms with van der Waals surface area (Å²) in [5, 5.41) is 0.664. The number of benzene rings is 3. The second-order valence-corrected chi connectivity index (χ2v) is 7.06. The molecular formula is C24H18ClNO3. The summed E-state index contributed by atoms with van der Waals surface area (Å²) in [6.07, 6.45) is 1.69. The molecule has 4 rings (SSSR count). The summed E-state index contributed by atoms with van der Waals surface area (Å²) in [6.45, 7) is 2.36. The van der Waals surface area contributed by atoms with E-state index in [4.69, 9.17) is 21.1 Å². The van der Waals surface area contributed by atoms with Gasteiger partial charge in [0, 0.05) is 16.1 Å². The second kappa shape index (κ2) is 8.33. The van der Waals surface area contributed by atoms with Crippen molar-refractivity contribution in [2.24, 2.45) is 4.99 Å². The molecule has 29 heavy (non-hydrogen) atoms. The van der Waals surface area contributed by atoms with Crippen LogP contribution in [0.25, 0.3) is 6.08 Å². The Labute approximate surface area is 174 Å². The summed E-state index contributed by atoms with van der Waals surface area (Å²) in [7, 11) is 0. The monoisotopic (exact) mass is 403 g/mol. The minimum atomic E-state index is -0.469. The summed E-state index contributed by atoms with van der Waals surface area (Å²) in [5.41, 5.74) is 3.85. The fourth-order valence-electron chi connectivity index (χ4n) is 2.86. The van der Waals surface area contributed by atoms with Crippen molar-refractivity contribution in [2.45, 2.75) is 13.5 Å². The molecule has 144 valence electrons. The maximum absolute atomic E-state index is 12.2. The predicted octanol–water partition coefficient (Wildman–Crippen LogP) is 5.57. The van der Waals surface area contributed by atoms with Gasteiger partial charge >= 0.3 is 5.97 Å². The average Bonchev–Trinajstić information content (AvgIpc) is 3.08. The Balaban J connectivity index is 1.52. The number of cyclic esters (lactones) is 1. The Hall–Kier alpha value is -3.37. The molecular weight excluding hydrogens is 386 g/mol. The lowest BCUT2D eigenvalue weighted by molar-refractivity contribution is -0.129. The van der Waals surface area contributed by atoms with E-state index in [0.717, 1.165) is 22.3 Å². The minimum absolute atomic E-state index is 0.254. The van der Waals surface area contributed by atoms with E-state index in [-0.39, 0.29) is 5.70 Å². The maximum Gasteiger partial charge on any atom is 0.363 e. The first-order chi connectivity index (χ1) is 14.1. The van der Waals surface area contributed by atoms with Crippen LogP contribution < -0.4 is 4.74 Å². The van der Waals surface area contributed by atoms with Gasteiger partial charge in [-0.05, 0) is 48.9 Å². The normalized spacial score (nSPS) is 14.6. The number of hydrogen-bond acceptors (Lipinski definition) is 4. The number of hydrogen-bond donors (Lipinski definition) is 0. The van der Waals surface area contributed by atoms with Crippen molar-refractivity contribution in [3.8, 4) is 5.75 Å². The number of aryl methyl sites for hydroxylation is 1. The van der Waals surface area contributed by atoms with Crippen LogP contribution in [0, 0.1) is 6.92 Å². The first-order valence-corrected chi connectivity index (χ1v) is 9.52. The average molecular weight is 404 g/mol. The minimum Gasteiger partial charge on any atom is -0.489 e. The van der Waals surface area contributed by atoms with Gasteiger partial charge in [-0.1, -0.05) is 59.6 Å². The Morgan fingerprint density at radius 2 is 1.83 bits per heavy atom. The van der Waals surface area contributed by atoms with Crippen molar-refractivity contribution in [1.29, 1.82) is 0 Å². The lowest BCUT2D eigenvalue weighted by Crippen LogP contribution is -2.05. The van der Waals surface area contributed by atoms with Gasteiger partial charge in [-0.2, -0.15) is 0 Å². The zero-order valence-corrected chi connectivity index (χ0v) is 16.5. The molecule has 4 nitrogen and oxygen atoms in total. The molecule has 0 amide bonds. The lowest BCUT2D eigenvalue weighted by atomic mass is 10.1. The smallest absolute Gasteiger partial charge is 0.363 e. The molecule has 0 atom stereocenters. The summed E-state index contributed by atoms with van der Waals surface area (Å²) in [5.74, 6) is 0.517. The summed E-state index contributed by atoms with van der Waals surface area (Å²) in [6, 6.07) is 22.7. The van der Waals surface area contributed by atoms with Gasteiger partial charge < -0.3 is 9.47 Å². The zero-order chi connectivity index (χ0) is 20.2. The highest BCUT2D eigenvalue weighted by Crippen LogP contribution is 2.23. The molecule has 0 unspecified atom stereocenters. The van der Waals surface area contributed by atoms with Crippen LogP contribution in [-0.4, -0.2) is 11.9 Å². The lowest BCUT2D eigenvalue weighted by Gasteiger charge is -2.08. The number of rotatable bonds is 5. The molecule has 0 aliphatic carbocycles. The van der Waals surface area contributed by atoms with Crippen molar-refractivity contribution < 1.29 is 14.3 Å². The third-order valence-corrected chi connectivity index (χ3v) is 4.80. The van der Waals surface area contributed by atoms with Crippen molar-refractivity contribution in [3.63, 3.8) is 0 Å². The molecule has 0 radical (unpaired) electrons. The van der Waals surface area contributed by atoms with Crippen LogP contribution in [0.1, 0.15) is 22.3 Å². The Bertz CT molecular complexity index is 1120. The van der Waals surface area contributed by atoms with Gasteiger partial charge in [0.1, 0.15) is 12.4 Å². The van der Waals surface area contributed by atoms with Crippen LogP contribution in [0.4, 0.5) is 0 Å². The SMILES string of the molecule is Cc1ccc(C2=N/C(=C\c3cccc(OCc4ccccc4Cl)c3)C(=O)O2)cc1. The Morgan fingerprint density at radius 3 is 2.62 bits per heavy atom. The predicted molar refractivity (Wildman–Crippen MR) is 114 cm³/mol. The topological polar surface area (TPSA) is 47.9 Å². The molecule has 1 aliphatic rings. The van der Waals surface area contributed by atoms with E-state index in [1.807, 2.05) is 79.7 Å². The van der Waals surface area contributed by atoms with Gasteiger partial charge in [0.05, 0.1) is 0 Å². The Kier molecular flexibility index (Phi) is 5.45. The molecule has 0 fully saturated rings. The van der Waals surface area contributed by atoms with Crippen molar-refractivity contribution in [3.05, 3.63) is 106 Å². The molecule has 0 bridgehead atoms. The molecule has 3 aromatic rings. The molecule has 0 spiro atoms. The van der Waals surface area contributed by atoms with E-state index in [1.54, 1.807) is 6.08 Å². The van der Waals surface area contributed by atoms with E-state index in [2.05, 4.69) is 4.99 Å². The maximum atomic E-state index is 12.2. The summed E-state index contributed by atoms with van der Waals surface area (Å²) >= 11 is 6.17. The molecule has 5 heteroatoms. The number of carbonyl (C=O) groups is 1. The highest BCUT2D eigenvalue weighted by atomic mass is 35.5. The van der Waals surface area contributed by atoms with Crippen LogP contribution >= 0.6 is 11.6 Å². The molecule has 0 N–H and O–H groups in total. The molecule has 3 aromatic carbocycles. The number of aliphatic imine (C=N–C) groups is 1. The largest absolute Gasteiger partial charge is 0.489 e. The molecule has 0 aromatic heterocycles. The Morgan fingerprint density at radius 1 is 1.03 bits per heavy atom. The van der Waals surface area contributed by atoms with Crippen molar-refractivity contribution in [1.82, 2.24) is 0 Å². The van der Waals surface area contributed by atoms with E-state index in [0.29, 0.717) is 23.3 Å². The number of esters is 1. The number of carbonyl (C=O) groups excluding carboxylic acids is 1. The van der Waals surface area contributed by atoms with E-state index in [9.17, 15) is 4.79 Å². The fourth-order valence-corrected chi connectivity index (χ4v) is 3.05. The fraction of sp³-hybridized carbons (Fsp3) is 0.0833. The second-order valence-electron chi connectivity index (χ2n) is 6.65. The van der Waals surface area contributed by atoms with Crippen LogP contribution in [0.2, 0.25) is 5.02 Å². The zero-order valence-electron chi connectivity index (χ0n) is 15.8. The standard InChI is InChI=1S/C24H18ClNO3/c1-16-9-11-18(12-10-16)23-26-22(24(27)29-23)14-17-5-4-7-20(13-17)28-15-19-6-2-3-8-21(19)25/h2-14H,15H2,1H3/b22-14-. The first kappa shape index (κ1) is 19.0. The summed E-state index contributed by atoms with van der Waals surface area (Å²) in [4.78, 5) is 16.6. The number of ether oxygens (including phenoxy) is 2. The van der Waals surface area contributed by atoms with Gasteiger partial charge in [0.25, 0.3) is 0 Å². The van der Waals surface area contributed by atoms with Crippen LogP contribution in [0.15, 0.2) is 83.5 Å². The van der Waals surface area contributed by atoms with Crippen LogP contribution in [-0.2, 0) is 16.1 Å². The van der Waals surface area contributed by atoms with Crippen LogP contribution in [0.5, 0.6) is 5.75 Å². The van der Waals surface area contributed by atoms with E-state index in [1.165, 1.54) is 0 Å².